The predicted octanol–water partition coefficient (Wildman–Crippen LogP) is 5.73. The Balaban J connectivity index is 1.47. The number of halogens is 2. The summed E-state index contributed by atoms with van der Waals surface area (Å²) in [6, 6.07) is 17.2. The summed E-state index contributed by atoms with van der Waals surface area (Å²) in [6.45, 7) is 1.11. The van der Waals surface area contributed by atoms with Crippen LogP contribution in [0.25, 0.3) is 0 Å². The molecular formula is C34H32Cl2N4O4. The number of hydrogen-bond acceptors (Lipinski definition) is 4. The van der Waals surface area contributed by atoms with Crippen LogP contribution in [0.2, 0.25) is 10.0 Å². The van der Waals surface area contributed by atoms with Crippen LogP contribution in [-0.4, -0.2) is 60.9 Å². The molecule has 3 heterocycles. The van der Waals surface area contributed by atoms with Gasteiger partial charge in [-0.2, -0.15) is 0 Å². The van der Waals surface area contributed by atoms with E-state index in [9.17, 15) is 14.4 Å². The van der Waals surface area contributed by atoms with E-state index < -0.39 is 17.4 Å². The van der Waals surface area contributed by atoms with Crippen molar-refractivity contribution >= 4 is 46.7 Å². The summed E-state index contributed by atoms with van der Waals surface area (Å²) in [5.41, 5.74) is 1.99. The van der Waals surface area contributed by atoms with Crippen LogP contribution in [0.15, 0.2) is 60.7 Å². The van der Waals surface area contributed by atoms with Crippen molar-refractivity contribution in [3.05, 3.63) is 93.0 Å². The van der Waals surface area contributed by atoms with Gasteiger partial charge in [0.1, 0.15) is 17.3 Å². The summed E-state index contributed by atoms with van der Waals surface area (Å²) in [7, 11) is 3.47. The highest BCUT2D eigenvalue weighted by Crippen LogP contribution is 2.58. The number of amides is 4. The van der Waals surface area contributed by atoms with Crippen LogP contribution in [0.1, 0.15) is 53.5 Å². The van der Waals surface area contributed by atoms with Crippen LogP contribution in [0.3, 0.4) is 0 Å². The van der Waals surface area contributed by atoms with Gasteiger partial charge in [-0.1, -0.05) is 47.3 Å². The fourth-order valence-corrected chi connectivity index (χ4v) is 7.24. The lowest BCUT2D eigenvalue weighted by atomic mass is 9.59. The third-order valence-electron chi connectivity index (χ3n) is 8.88. The molecule has 0 unspecified atom stereocenters. The molecule has 3 atom stereocenters. The average molecular weight is 632 g/mol. The molecule has 0 bridgehead atoms. The SMILES string of the molecule is C#Cc1ccc(OC2CCN(C(=O)N(C)C)CC2)c([C@H]2NC(=O)C[C@@H](c3cccc(Cl)c3)[C@]23C(=O)Nc2cc(Cl)ccc23)c1. The number of benzene rings is 3. The maximum absolute atomic E-state index is 14.4. The Morgan fingerprint density at radius 2 is 1.80 bits per heavy atom. The number of nitrogens with zero attached hydrogens (tertiary/aromatic N) is 2. The van der Waals surface area contributed by atoms with Crippen LogP contribution in [0, 0.1) is 12.3 Å². The van der Waals surface area contributed by atoms with Crippen LogP contribution >= 0.6 is 23.2 Å². The standard InChI is InChI=1S/C34H32Cl2N4O4/c1-4-20-8-11-29(44-24-12-14-40(15-13-24)33(43)39(2)3)25(16-20)31-34(26-10-9-23(36)18-28(26)37-32(34)42)27(19-30(41)38-31)21-6-5-7-22(35)17-21/h1,5-11,16-18,24,27,31H,12-15,19H2,2-3H3,(H,37,42)(H,38,41)/t27-,31+,34-/m0/s1. The Hall–Kier alpha value is -4.19. The third kappa shape index (κ3) is 5.14. The fraction of sp³-hybridized carbons (Fsp3) is 0.324. The maximum atomic E-state index is 14.4. The van der Waals surface area contributed by atoms with E-state index in [0.717, 1.165) is 11.1 Å². The summed E-state index contributed by atoms with van der Waals surface area (Å²) in [4.78, 5) is 43.8. The number of likely N-dealkylation sites (tertiary alicyclic amines) is 1. The molecular weight excluding hydrogens is 599 g/mol. The van der Waals surface area contributed by atoms with Crippen molar-refractivity contribution in [1.29, 1.82) is 0 Å². The topological polar surface area (TPSA) is 91.0 Å². The molecule has 0 radical (unpaired) electrons. The molecule has 8 nitrogen and oxygen atoms in total. The minimum absolute atomic E-state index is 0.0348. The van der Waals surface area contributed by atoms with Gasteiger partial charge in [-0.3, -0.25) is 9.59 Å². The van der Waals surface area contributed by atoms with E-state index in [0.29, 0.717) is 58.5 Å². The van der Waals surface area contributed by atoms with Gasteiger partial charge in [-0.05, 0) is 53.6 Å². The van der Waals surface area contributed by atoms with Crippen LogP contribution < -0.4 is 15.4 Å². The molecule has 4 amide bonds. The summed E-state index contributed by atoms with van der Waals surface area (Å²) in [6.07, 6.45) is 6.99. The second-order valence-corrected chi connectivity index (χ2v) is 12.6. The maximum Gasteiger partial charge on any atom is 0.319 e. The van der Waals surface area contributed by atoms with Crippen LogP contribution in [0.4, 0.5) is 10.5 Å². The van der Waals surface area contributed by atoms with Crippen molar-refractivity contribution in [1.82, 2.24) is 15.1 Å². The molecule has 3 aromatic rings. The van der Waals surface area contributed by atoms with Crippen molar-refractivity contribution < 1.29 is 19.1 Å². The molecule has 0 aromatic heterocycles. The molecule has 3 aliphatic rings. The first-order valence-corrected chi connectivity index (χ1v) is 15.3. The fourth-order valence-electron chi connectivity index (χ4n) is 6.87. The highest BCUT2D eigenvalue weighted by molar-refractivity contribution is 6.31. The monoisotopic (exact) mass is 630 g/mol. The highest BCUT2D eigenvalue weighted by Gasteiger charge is 2.61. The summed E-state index contributed by atoms with van der Waals surface area (Å²) < 4.78 is 6.62. The molecule has 44 heavy (non-hydrogen) atoms. The van der Waals surface area contributed by atoms with Gasteiger partial charge in [-0.25, -0.2) is 4.79 Å². The molecule has 3 aliphatic heterocycles. The van der Waals surface area contributed by atoms with Gasteiger partial charge in [0.2, 0.25) is 11.8 Å². The second kappa shape index (κ2) is 11.7. The van der Waals surface area contributed by atoms with Gasteiger partial charge < -0.3 is 25.2 Å². The Bertz CT molecular complexity index is 1690. The normalized spacial score (nSPS) is 23.0. The minimum atomic E-state index is -1.27. The van der Waals surface area contributed by atoms with Crippen molar-refractivity contribution in [3.63, 3.8) is 0 Å². The largest absolute Gasteiger partial charge is 0.490 e. The lowest BCUT2D eigenvalue weighted by molar-refractivity contribution is -0.131. The minimum Gasteiger partial charge on any atom is -0.490 e. The van der Waals surface area contributed by atoms with E-state index in [4.69, 9.17) is 34.4 Å². The number of fused-ring (bicyclic) bond motifs is 2. The van der Waals surface area contributed by atoms with E-state index in [1.165, 1.54) is 0 Å². The number of ether oxygens (including phenoxy) is 1. The first-order valence-electron chi connectivity index (χ1n) is 14.5. The molecule has 2 N–H and O–H groups in total. The number of carbonyl (C=O) groups is 3. The van der Waals surface area contributed by atoms with E-state index >= 15 is 0 Å². The third-order valence-corrected chi connectivity index (χ3v) is 9.35. The smallest absolute Gasteiger partial charge is 0.319 e. The number of urea groups is 1. The number of carbonyl (C=O) groups excluding carboxylic acids is 3. The number of hydrogen-bond donors (Lipinski definition) is 2. The molecule has 0 saturated carbocycles. The summed E-state index contributed by atoms with van der Waals surface area (Å²) >= 11 is 12.8. The van der Waals surface area contributed by atoms with Gasteiger partial charge >= 0.3 is 6.03 Å². The van der Waals surface area contributed by atoms with Crippen molar-refractivity contribution in [3.8, 4) is 18.1 Å². The molecule has 10 heteroatoms. The number of anilines is 1. The number of terminal acetylenes is 1. The van der Waals surface area contributed by atoms with Crippen molar-refractivity contribution in [2.45, 2.75) is 42.7 Å². The zero-order valence-electron chi connectivity index (χ0n) is 24.4. The molecule has 3 aromatic carbocycles. The molecule has 226 valence electrons. The Morgan fingerprint density at radius 3 is 2.50 bits per heavy atom. The first-order chi connectivity index (χ1) is 21.1. The summed E-state index contributed by atoms with van der Waals surface area (Å²) in [5.74, 6) is 2.17. The summed E-state index contributed by atoms with van der Waals surface area (Å²) in [5, 5.41) is 7.20. The first kappa shape index (κ1) is 29.9. The molecule has 6 rings (SSSR count). The predicted molar refractivity (Wildman–Crippen MR) is 170 cm³/mol. The molecule has 1 spiro atoms. The zero-order valence-corrected chi connectivity index (χ0v) is 25.9. The van der Waals surface area contributed by atoms with Crippen LogP contribution in [0.5, 0.6) is 5.75 Å². The van der Waals surface area contributed by atoms with E-state index in [2.05, 4.69) is 16.6 Å². The average Bonchev–Trinajstić information content (AvgIpc) is 3.29. The molecule has 0 aliphatic carbocycles. The van der Waals surface area contributed by atoms with Gasteiger partial charge in [-0.15, -0.1) is 6.42 Å². The number of piperidine rings is 2. The second-order valence-electron chi connectivity index (χ2n) is 11.7. The zero-order chi connectivity index (χ0) is 31.2. The van der Waals surface area contributed by atoms with E-state index in [1.54, 1.807) is 54.2 Å². The Kier molecular flexibility index (Phi) is 7.95. The van der Waals surface area contributed by atoms with Gasteiger partial charge in [0.25, 0.3) is 0 Å². The van der Waals surface area contributed by atoms with E-state index in [-0.39, 0.29) is 30.4 Å². The van der Waals surface area contributed by atoms with Crippen molar-refractivity contribution in [2.75, 3.05) is 32.5 Å². The van der Waals surface area contributed by atoms with Crippen LogP contribution in [-0.2, 0) is 15.0 Å². The molecule has 2 saturated heterocycles. The van der Waals surface area contributed by atoms with Gasteiger partial charge in [0.15, 0.2) is 0 Å². The van der Waals surface area contributed by atoms with Gasteiger partial charge in [0.05, 0.1) is 6.04 Å². The number of rotatable bonds is 4. The number of nitrogens with one attached hydrogen (secondary N) is 2. The lowest BCUT2D eigenvalue weighted by Crippen LogP contribution is -2.57. The van der Waals surface area contributed by atoms with Crippen molar-refractivity contribution in [2.24, 2.45) is 0 Å². The van der Waals surface area contributed by atoms with Gasteiger partial charge in [0, 0.05) is 79.2 Å². The lowest BCUT2D eigenvalue weighted by Gasteiger charge is -2.47. The van der Waals surface area contributed by atoms with E-state index in [1.807, 2.05) is 30.3 Å². The quantitative estimate of drug-likeness (QED) is 0.360. The Morgan fingerprint density at radius 1 is 1.05 bits per heavy atom. The highest BCUT2D eigenvalue weighted by atomic mass is 35.5. The Labute approximate surface area is 266 Å². The molecule has 2 fully saturated rings.